The van der Waals surface area contributed by atoms with Gasteiger partial charge < -0.3 is 5.73 Å². The average Bonchev–Trinajstić information content (AvgIpc) is 3.12. The molecule has 1 saturated carbocycles. The Morgan fingerprint density at radius 1 is 1.37 bits per heavy atom. The van der Waals surface area contributed by atoms with Gasteiger partial charge in [-0.3, -0.25) is 0 Å². The lowest BCUT2D eigenvalue weighted by molar-refractivity contribution is 0.271. The van der Waals surface area contributed by atoms with Crippen molar-refractivity contribution < 1.29 is 0 Å². The van der Waals surface area contributed by atoms with E-state index in [2.05, 4.69) is 29.4 Å². The first kappa shape index (κ1) is 12.4. The first-order chi connectivity index (χ1) is 9.01. The fraction of sp³-hybridized carbons (Fsp3) is 0.462. The summed E-state index contributed by atoms with van der Waals surface area (Å²) in [7, 11) is 0. The van der Waals surface area contributed by atoms with Crippen LogP contribution in [0.5, 0.6) is 0 Å². The predicted molar refractivity (Wildman–Crippen MR) is 74.7 cm³/mol. The second kappa shape index (κ2) is 4.20. The lowest BCUT2D eigenvalue weighted by Gasteiger charge is -2.25. The molecule has 1 aromatic heterocycles. The largest absolute Gasteiger partial charge is 0.397 e. The van der Waals surface area contributed by atoms with Crippen molar-refractivity contribution in [3.63, 3.8) is 0 Å². The molecule has 1 aliphatic rings. The fourth-order valence-electron chi connectivity index (χ4n) is 2.44. The number of nitrogens with zero attached hydrogens (tertiary/aromatic N) is 4. The maximum Gasteiger partial charge on any atom is 0.184 e. The Balaban J connectivity index is 2.12. The Labute approximate surface area is 116 Å². The van der Waals surface area contributed by atoms with Crippen LogP contribution < -0.4 is 5.73 Å². The molecule has 0 atom stereocenters. The fourth-order valence-corrected chi connectivity index (χ4v) is 2.61. The van der Waals surface area contributed by atoms with Crippen molar-refractivity contribution >= 4 is 17.3 Å². The van der Waals surface area contributed by atoms with Crippen LogP contribution in [0, 0.1) is 5.92 Å². The molecule has 0 amide bonds. The first-order valence-corrected chi connectivity index (χ1v) is 6.73. The highest BCUT2D eigenvalue weighted by atomic mass is 35.5. The van der Waals surface area contributed by atoms with Crippen molar-refractivity contribution in [1.29, 1.82) is 0 Å². The molecule has 0 aliphatic heterocycles. The third-order valence-electron chi connectivity index (χ3n) is 3.89. The maximum atomic E-state index is 6.07. The van der Waals surface area contributed by atoms with E-state index in [-0.39, 0.29) is 5.54 Å². The van der Waals surface area contributed by atoms with Gasteiger partial charge in [-0.15, -0.1) is 5.10 Å². The number of nitrogens with two attached hydrogens (primary N) is 1. The van der Waals surface area contributed by atoms with Gasteiger partial charge in [-0.1, -0.05) is 17.7 Å². The van der Waals surface area contributed by atoms with Gasteiger partial charge in [0.05, 0.1) is 16.2 Å². The maximum absolute atomic E-state index is 6.07. The molecule has 1 fully saturated rings. The third-order valence-corrected chi connectivity index (χ3v) is 4.22. The van der Waals surface area contributed by atoms with Crippen LogP contribution in [-0.4, -0.2) is 20.2 Å². The second-order valence-electron chi connectivity index (χ2n) is 5.54. The van der Waals surface area contributed by atoms with Crippen LogP contribution >= 0.6 is 11.6 Å². The van der Waals surface area contributed by atoms with Crippen LogP contribution in [0.15, 0.2) is 18.2 Å². The molecule has 0 unspecified atom stereocenters. The molecule has 0 bridgehead atoms. The number of tetrazole rings is 1. The zero-order chi connectivity index (χ0) is 13.6. The summed E-state index contributed by atoms with van der Waals surface area (Å²) >= 11 is 6.07. The number of hydrogen-bond acceptors (Lipinski definition) is 4. The number of anilines is 1. The number of para-hydroxylation sites is 1. The summed E-state index contributed by atoms with van der Waals surface area (Å²) in [5.41, 5.74) is 7.24. The van der Waals surface area contributed by atoms with Gasteiger partial charge in [0, 0.05) is 5.56 Å². The summed E-state index contributed by atoms with van der Waals surface area (Å²) in [4.78, 5) is 0. The highest BCUT2D eigenvalue weighted by Crippen LogP contribution is 2.45. The van der Waals surface area contributed by atoms with E-state index in [1.54, 1.807) is 6.07 Å². The van der Waals surface area contributed by atoms with Gasteiger partial charge in [0.15, 0.2) is 5.82 Å². The standard InChI is InChI=1S/C13H16ClN5/c1-13(2,8-6-7-8)19-12(16-17-18-19)9-4-3-5-10(14)11(9)15/h3-5,8H,6-7,15H2,1-2H3. The lowest BCUT2D eigenvalue weighted by Crippen LogP contribution is -2.30. The SMILES string of the molecule is CC(C)(C1CC1)n1nnnc1-c1cccc(Cl)c1N. The van der Waals surface area contributed by atoms with E-state index in [9.17, 15) is 0 Å². The minimum Gasteiger partial charge on any atom is -0.397 e. The predicted octanol–water partition coefficient (Wildman–Crippen LogP) is 2.72. The number of rotatable bonds is 3. The molecular formula is C13H16ClN5. The normalized spacial score (nSPS) is 15.7. The van der Waals surface area contributed by atoms with Crippen molar-refractivity contribution in [3.8, 4) is 11.4 Å². The van der Waals surface area contributed by atoms with Gasteiger partial charge in [0.25, 0.3) is 0 Å². The van der Waals surface area contributed by atoms with Crippen molar-refractivity contribution in [2.75, 3.05) is 5.73 Å². The van der Waals surface area contributed by atoms with Crippen molar-refractivity contribution in [2.24, 2.45) is 5.92 Å². The molecule has 1 heterocycles. The lowest BCUT2D eigenvalue weighted by atomic mass is 9.98. The Morgan fingerprint density at radius 3 is 2.79 bits per heavy atom. The molecule has 1 aromatic carbocycles. The number of benzene rings is 1. The summed E-state index contributed by atoms with van der Waals surface area (Å²) in [6, 6.07) is 5.52. The van der Waals surface area contributed by atoms with Crippen LogP contribution in [0.4, 0.5) is 5.69 Å². The van der Waals surface area contributed by atoms with E-state index in [1.807, 2.05) is 16.8 Å². The van der Waals surface area contributed by atoms with E-state index < -0.39 is 0 Å². The van der Waals surface area contributed by atoms with E-state index in [0.29, 0.717) is 22.5 Å². The van der Waals surface area contributed by atoms with Crippen LogP contribution in [0.1, 0.15) is 26.7 Å². The minimum absolute atomic E-state index is 0.104. The van der Waals surface area contributed by atoms with Crippen LogP contribution in [0.3, 0.4) is 0 Å². The smallest absolute Gasteiger partial charge is 0.184 e. The summed E-state index contributed by atoms with van der Waals surface area (Å²) in [6.07, 6.45) is 2.44. The topological polar surface area (TPSA) is 69.6 Å². The Hall–Kier alpha value is -1.62. The number of halogens is 1. The number of nitrogen functional groups attached to an aromatic ring is 1. The molecule has 1 aliphatic carbocycles. The summed E-state index contributed by atoms with van der Waals surface area (Å²) in [5.74, 6) is 1.30. The average molecular weight is 278 g/mol. The molecule has 2 aromatic rings. The Morgan fingerprint density at radius 2 is 2.11 bits per heavy atom. The van der Waals surface area contributed by atoms with Gasteiger partial charge in [0.2, 0.25) is 0 Å². The highest BCUT2D eigenvalue weighted by Gasteiger charge is 2.41. The van der Waals surface area contributed by atoms with Crippen molar-refractivity contribution in [3.05, 3.63) is 23.2 Å². The summed E-state index contributed by atoms with van der Waals surface area (Å²) in [6.45, 7) is 4.32. The number of hydrogen-bond donors (Lipinski definition) is 1. The van der Waals surface area contributed by atoms with Crippen LogP contribution in [-0.2, 0) is 5.54 Å². The Bertz CT molecular complexity index is 615. The molecule has 5 nitrogen and oxygen atoms in total. The monoisotopic (exact) mass is 277 g/mol. The third kappa shape index (κ3) is 1.98. The van der Waals surface area contributed by atoms with Crippen molar-refractivity contribution in [2.45, 2.75) is 32.2 Å². The van der Waals surface area contributed by atoms with Gasteiger partial charge in [-0.05, 0) is 55.2 Å². The number of aromatic nitrogens is 4. The van der Waals surface area contributed by atoms with E-state index >= 15 is 0 Å². The van der Waals surface area contributed by atoms with E-state index in [0.717, 1.165) is 5.56 Å². The van der Waals surface area contributed by atoms with Crippen LogP contribution in [0.2, 0.25) is 5.02 Å². The van der Waals surface area contributed by atoms with Gasteiger partial charge in [-0.25, -0.2) is 4.68 Å². The van der Waals surface area contributed by atoms with Gasteiger partial charge in [-0.2, -0.15) is 0 Å². The molecule has 0 radical (unpaired) electrons. The highest BCUT2D eigenvalue weighted by molar-refractivity contribution is 6.33. The minimum atomic E-state index is -0.104. The summed E-state index contributed by atoms with van der Waals surface area (Å²) in [5, 5.41) is 12.6. The molecule has 3 rings (SSSR count). The van der Waals surface area contributed by atoms with Gasteiger partial charge >= 0.3 is 0 Å². The second-order valence-corrected chi connectivity index (χ2v) is 5.95. The zero-order valence-corrected chi connectivity index (χ0v) is 11.7. The van der Waals surface area contributed by atoms with Crippen LogP contribution in [0.25, 0.3) is 11.4 Å². The molecule has 6 heteroatoms. The molecule has 19 heavy (non-hydrogen) atoms. The quantitative estimate of drug-likeness (QED) is 0.876. The molecule has 0 spiro atoms. The molecular weight excluding hydrogens is 262 g/mol. The van der Waals surface area contributed by atoms with E-state index in [4.69, 9.17) is 17.3 Å². The Kier molecular flexibility index (Phi) is 2.74. The summed E-state index contributed by atoms with van der Waals surface area (Å²) < 4.78 is 1.87. The van der Waals surface area contributed by atoms with E-state index in [1.165, 1.54) is 12.8 Å². The first-order valence-electron chi connectivity index (χ1n) is 6.35. The van der Waals surface area contributed by atoms with Gasteiger partial charge in [0.1, 0.15) is 0 Å². The zero-order valence-electron chi connectivity index (χ0n) is 11.0. The molecule has 2 N–H and O–H groups in total. The van der Waals surface area contributed by atoms with Crippen molar-refractivity contribution in [1.82, 2.24) is 20.2 Å². The molecule has 0 saturated heterocycles. The molecule has 100 valence electrons.